The van der Waals surface area contributed by atoms with Crippen molar-refractivity contribution >= 4 is 28.4 Å². The molecule has 3 nitrogen and oxygen atoms in total. The fourth-order valence-electron chi connectivity index (χ4n) is 1.05. The zero-order chi connectivity index (χ0) is 11.4. The van der Waals surface area contributed by atoms with Gasteiger partial charge >= 0.3 is 5.97 Å². The number of carbonyl (C=O) groups is 1. The summed E-state index contributed by atoms with van der Waals surface area (Å²) in [6, 6.07) is 6.74. The molecule has 0 bridgehead atoms. The Morgan fingerprint density at radius 1 is 1.47 bits per heavy atom. The Kier molecular flexibility index (Phi) is 4.29. The summed E-state index contributed by atoms with van der Waals surface area (Å²) in [6.45, 7) is 1.55. The largest absolute Gasteiger partial charge is 0.468 e. The maximum atomic E-state index is 11.9. The molecule has 0 aliphatic carbocycles. The highest BCUT2D eigenvalue weighted by Crippen LogP contribution is 2.21. The van der Waals surface area contributed by atoms with Crippen LogP contribution in [0.3, 0.4) is 0 Å². The molecule has 82 valence electrons. The molecule has 1 aromatic carbocycles. The van der Waals surface area contributed by atoms with E-state index in [1.165, 1.54) is 7.11 Å². The average molecular weight is 247 g/mol. The molecule has 15 heavy (non-hydrogen) atoms. The van der Waals surface area contributed by atoms with Gasteiger partial charge in [0.1, 0.15) is 5.25 Å². The molecule has 0 aliphatic rings. The number of hydrogen-bond acceptors (Lipinski definition) is 3. The van der Waals surface area contributed by atoms with Crippen molar-refractivity contribution in [3.8, 4) is 0 Å². The topological polar surface area (TPSA) is 43.4 Å². The molecule has 0 N–H and O–H groups in total. The molecule has 2 atom stereocenters. The normalized spacial score (nSPS) is 14.3. The highest BCUT2D eigenvalue weighted by atomic mass is 35.5. The van der Waals surface area contributed by atoms with Crippen LogP contribution in [-0.4, -0.2) is 22.5 Å². The van der Waals surface area contributed by atoms with Crippen molar-refractivity contribution in [3.05, 3.63) is 29.3 Å². The summed E-state index contributed by atoms with van der Waals surface area (Å²) in [4.78, 5) is 11.6. The Morgan fingerprint density at radius 2 is 2.07 bits per heavy atom. The molecular formula is C10H11ClO3S. The highest BCUT2D eigenvalue weighted by molar-refractivity contribution is 7.86. The number of benzene rings is 1. The lowest BCUT2D eigenvalue weighted by Crippen LogP contribution is -2.24. The molecule has 0 radical (unpaired) electrons. The zero-order valence-electron chi connectivity index (χ0n) is 8.40. The lowest BCUT2D eigenvalue weighted by atomic mass is 10.4. The van der Waals surface area contributed by atoms with Crippen molar-refractivity contribution in [2.75, 3.05) is 7.11 Å². The first kappa shape index (κ1) is 12.2. The lowest BCUT2D eigenvalue weighted by molar-refractivity contribution is -0.139. The second-order valence-corrected chi connectivity index (χ2v) is 5.04. The van der Waals surface area contributed by atoms with E-state index in [1.54, 1.807) is 31.2 Å². The van der Waals surface area contributed by atoms with Crippen molar-refractivity contribution in [3.63, 3.8) is 0 Å². The zero-order valence-corrected chi connectivity index (χ0v) is 9.97. The van der Waals surface area contributed by atoms with Gasteiger partial charge in [-0.05, 0) is 19.1 Å². The van der Waals surface area contributed by atoms with E-state index in [4.69, 9.17) is 11.6 Å². The maximum absolute atomic E-state index is 11.9. The smallest absolute Gasteiger partial charge is 0.321 e. The third kappa shape index (κ3) is 2.79. The second-order valence-electron chi connectivity index (χ2n) is 2.89. The van der Waals surface area contributed by atoms with Crippen LogP contribution in [0.5, 0.6) is 0 Å². The SMILES string of the molecule is COC(=O)C(C)S(=O)c1ccccc1Cl. The van der Waals surface area contributed by atoms with E-state index >= 15 is 0 Å². The molecular weight excluding hydrogens is 236 g/mol. The van der Waals surface area contributed by atoms with E-state index in [0.29, 0.717) is 9.92 Å². The molecule has 0 spiro atoms. The van der Waals surface area contributed by atoms with Gasteiger partial charge in [0.05, 0.1) is 27.8 Å². The van der Waals surface area contributed by atoms with E-state index in [0.717, 1.165) is 0 Å². The highest BCUT2D eigenvalue weighted by Gasteiger charge is 2.23. The molecule has 0 saturated carbocycles. The summed E-state index contributed by atoms with van der Waals surface area (Å²) in [5.74, 6) is -0.506. The van der Waals surface area contributed by atoms with Gasteiger partial charge in [0, 0.05) is 0 Å². The van der Waals surface area contributed by atoms with Gasteiger partial charge in [0.15, 0.2) is 0 Å². The third-order valence-corrected chi connectivity index (χ3v) is 3.97. The van der Waals surface area contributed by atoms with Crippen LogP contribution in [-0.2, 0) is 20.3 Å². The number of methoxy groups -OCH3 is 1. The predicted octanol–water partition coefficient (Wildman–Crippen LogP) is 2.01. The Bertz CT molecular complexity index is 392. The van der Waals surface area contributed by atoms with Crippen molar-refractivity contribution in [1.29, 1.82) is 0 Å². The van der Waals surface area contributed by atoms with Crippen LogP contribution in [0.25, 0.3) is 0 Å². The van der Waals surface area contributed by atoms with Gasteiger partial charge in [-0.1, -0.05) is 23.7 Å². The molecule has 1 rings (SSSR count). The monoisotopic (exact) mass is 246 g/mol. The summed E-state index contributed by atoms with van der Waals surface area (Å²) < 4.78 is 16.4. The molecule has 0 amide bonds. The Hall–Kier alpha value is -0.870. The standard InChI is InChI=1S/C10H11ClO3S/c1-7(10(12)14-2)15(13)9-6-4-3-5-8(9)11/h3-7H,1-2H3. The van der Waals surface area contributed by atoms with Crippen LogP contribution < -0.4 is 0 Å². The van der Waals surface area contributed by atoms with Gasteiger partial charge in [-0.2, -0.15) is 0 Å². The Balaban J connectivity index is 2.95. The number of ether oxygens (including phenoxy) is 1. The molecule has 0 fully saturated rings. The summed E-state index contributed by atoms with van der Waals surface area (Å²) in [5.41, 5.74) is 0. The van der Waals surface area contributed by atoms with E-state index in [9.17, 15) is 9.00 Å². The van der Waals surface area contributed by atoms with E-state index in [-0.39, 0.29) is 0 Å². The average Bonchev–Trinajstić information content (AvgIpc) is 2.26. The quantitative estimate of drug-likeness (QED) is 0.767. The Morgan fingerprint density at radius 3 is 2.60 bits per heavy atom. The van der Waals surface area contributed by atoms with Crippen molar-refractivity contribution in [2.45, 2.75) is 17.1 Å². The molecule has 0 saturated heterocycles. The summed E-state index contributed by atoms with van der Waals surface area (Å²) in [7, 11) is -0.210. The fourth-order valence-corrected chi connectivity index (χ4v) is 2.54. The van der Waals surface area contributed by atoms with Gasteiger partial charge in [0.25, 0.3) is 0 Å². The lowest BCUT2D eigenvalue weighted by Gasteiger charge is -2.09. The van der Waals surface area contributed by atoms with E-state index in [2.05, 4.69) is 4.74 Å². The van der Waals surface area contributed by atoms with Crippen LogP contribution in [0.1, 0.15) is 6.92 Å². The minimum absolute atomic E-state index is 0.395. The van der Waals surface area contributed by atoms with E-state index < -0.39 is 22.0 Å². The number of halogens is 1. The summed E-state index contributed by atoms with van der Waals surface area (Å²) in [5, 5.41) is -0.318. The van der Waals surface area contributed by atoms with Crippen LogP contribution in [0, 0.1) is 0 Å². The van der Waals surface area contributed by atoms with Gasteiger partial charge in [0.2, 0.25) is 0 Å². The van der Waals surface area contributed by atoms with Crippen molar-refractivity contribution in [1.82, 2.24) is 0 Å². The molecule has 1 aromatic rings. The number of rotatable bonds is 3. The predicted molar refractivity (Wildman–Crippen MR) is 59.3 cm³/mol. The Labute approximate surface area is 95.8 Å². The molecule has 0 aromatic heterocycles. The van der Waals surface area contributed by atoms with Crippen LogP contribution >= 0.6 is 11.6 Å². The first-order valence-electron chi connectivity index (χ1n) is 4.31. The first-order chi connectivity index (χ1) is 7.07. The number of carbonyl (C=O) groups excluding carboxylic acids is 1. The van der Waals surface area contributed by atoms with Crippen molar-refractivity contribution < 1.29 is 13.7 Å². The third-order valence-electron chi connectivity index (χ3n) is 1.91. The fraction of sp³-hybridized carbons (Fsp3) is 0.300. The van der Waals surface area contributed by atoms with Crippen LogP contribution in [0.2, 0.25) is 5.02 Å². The minimum atomic E-state index is -1.48. The second kappa shape index (κ2) is 5.28. The molecule has 0 heterocycles. The van der Waals surface area contributed by atoms with Gasteiger partial charge in [-0.3, -0.25) is 9.00 Å². The summed E-state index contributed by atoms with van der Waals surface area (Å²) in [6.07, 6.45) is 0. The van der Waals surface area contributed by atoms with Gasteiger partial charge < -0.3 is 4.74 Å². The van der Waals surface area contributed by atoms with E-state index in [1.807, 2.05) is 0 Å². The number of esters is 1. The maximum Gasteiger partial charge on any atom is 0.321 e. The number of hydrogen-bond donors (Lipinski definition) is 0. The van der Waals surface area contributed by atoms with Crippen LogP contribution in [0.4, 0.5) is 0 Å². The summed E-state index contributed by atoms with van der Waals surface area (Å²) >= 11 is 5.87. The minimum Gasteiger partial charge on any atom is -0.468 e. The first-order valence-corrected chi connectivity index (χ1v) is 5.90. The molecule has 2 unspecified atom stereocenters. The molecule has 0 aliphatic heterocycles. The van der Waals surface area contributed by atoms with Gasteiger partial charge in [-0.15, -0.1) is 0 Å². The van der Waals surface area contributed by atoms with Crippen LogP contribution in [0.15, 0.2) is 29.2 Å². The van der Waals surface area contributed by atoms with Gasteiger partial charge in [-0.25, -0.2) is 0 Å². The molecule has 5 heteroatoms. The van der Waals surface area contributed by atoms with Crippen molar-refractivity contribution in [2.24, 2.45) is 0 Å².